The van der Waals surface area contributed by atoms with Crippen LogP contribution in [0.3, 0.4) is 0 Å². The highest BCUT2D eigenvalue weighted by Gasteiger charge is 2.65. The third kappa shape index (κ3) is 3.55. The van der Waals surface area contributed by atoms with E-state index in [0.29, 0.717) is 0 Å². The van der Waals surface area contributed by atoms with Crippen LogP contribution in [0, 0.1) is 0 Å². The predicted octanol–water partition coefficient (Wildman–Crippen LogP) is 3.59. The van der Waals surface area contributed by atoms with Gasteiger partial charge in [-0.2, -0.15) is 17.6 Å². The van der Waals surface area contributed by atoms with Crippen molar-refractivity contribution in [1.82, 2.24) is 4.98 Å². The maximum atomic E-state index is 13.2. The molecule has 0 fully saturated rings. The summed E-state index contributed by atoms with van der Waals surface area (Å²) < 4.78 is 60.5. The molecule has 142 valence electrons. The number of aromatic nitrogens is 1. The van der Waals surface area contributed by atoms with E-state index >= 15 is 0 Å². The Kier molecular flexibility index (Phi) is 4.50. The molecule has 3 rings (SSSR count). The number of benzene rings is 1. The van der Waals surface area contributed by atoms with Crippen molar-refractivity contribution in [3.05, 3.63) is 47.8 Å². The maximum Gasteiger partial charge on any atom is 0.507 e. The Morgan fingerprint density at radius 1 is 0.963 bits per heavy atom. The first-order valence-electron chi connectivity index (χ1n) is 7.59. The topological polar surface area (TPSA) is 85.7 Å². The molecule has 0 radical (unpaired) electrons. The van der Waals surface area contributed by atoms with Crippen LogP contribution in [0.4, 0.5) is 17.6 Å². The number of nitrogens with zero attached hydrogens (tertiary/aromatic N) is 1. The third-order valence-corrected chi connectivity index (χ3v) is 3.71. The number of hydrogen-bond acceptors (Lipinski definition) is 6. The lowest BCUT2D eigenvalue weighted by Gasteiger charge is -2.31. The quantitative estimate of drug-likeness (QED) is 0.625. The number of fused-ring (bicyclic) bond motifs is 1. The second-order valence-corrected chi connectivity index (χ2v) is 5.62. The van der Waals surface area contributed by atoms with E-state index in [4.69, 9.17) is 0 Å². The zero-order chi connectivity index (χ0) is 19.8. The molecule has 6 nitrogen and oxygen atoms in total. The average molecular weight is 385 g/mol. The Hall–Kier alpha value is -3.17. The average Bonchev–Trinajstić information content (AvgIpc) is 2.60. The van der Waals surface area contributed by atoms with Gasteiger partial charge in [-0.1, -0.05) is 0 Å². The highest BCUT2D eigenvalue weighted by Crippen LogP contribution is 2.47. The minimum atomic E-state index is -4.89. The number of carbonyl (C=O) groups excluding carboxylic acids is 2. The van der Waals surface area contributed by atoms with Crippen molar-refractivity contribution in [2.24, 2.45) is 0 Å². The molecule has 1 aromatic heterocycles. The summed E-state index contributed by atoms with van der Waals surface area (Å²) in [5.74, 6) is -2.91. The number of ketones is 2. The summed E-state index contributed by atoms with van der Waals surface area (Å²) in [6.45, 7) is 0. The second-order valence-electron chi connectivity index (χ2n) is 5.62. The Morgan fingerprint density at radius 2 is 1.59 bits per heavy atom. The Labute approximate surface area is 149 Å². The normalized spacial score (nSPS) is 16.6. The number of carbonyl (C=O) groups is 2. The van der Waals surface area contributed by atoms with Crippen LogP contribution in [0.25, 0.3) is 0 Å². The highest BCUT2D eigenvalue weighted by molar-refractivity contribution is 6.02. The molecule has 10 heteroatoms. The van der Waals surface area contributed by atoms with Crippen LogP contribution < -0.4 is 9.47 Å². The molecule has 0 amide bonds. The van der Waals surface area contributed by atoms with E-state index in [2.05, 4.69) is 14.5 Å². The van der Waals surface area contributed by atoms with Crippen molar-refractivity contribution >= 4 is 11.6 Å². The van der Waals surface area contributed by atoms with E-state index in [1.54, 1.807) is 0 Å². The molecule has 0 saturated carbocycles. The molecule has 0 unspecified atom stereocenters. The van der Waals surface area contributed by atoms with E-state index in [9.17, 15) is 32.3 Å². The van der Waals surface area contributed by atoms with Crippen molar-refractivity contribution in [3.63, 3.8) is 0 Å². The number of rotatable bonds is 5. The van der Waals surface area contributed by atoms with Gasteiger partial charge in [-0.05, 0) is 30.3 Å². The fourth-order valence-corrected chi connectivity index (χ4v) is 2.34. The fraction of sp³-hybridized carbons (Fsp3) is 0.235. The summed E-state index contributed by atoms with van der Waals surface area (Å²) in [5.41, 5.74) is -0.328. The van der Waals surface area contributed by atoms with Gasteiger partial charge in [0.1, 0.15) is 11.4 Å². The number of ether oxygens (including phenoxy) is 2. The van der Waals surface area contributed by atoms with Gasteiger partial charge in [-0.3, -0.25) is 9.59 Å². The van der Waals surface area contributed by atoms with Crippen molar-refractivity contribution in [2.75, 3.05) is 0 Å². The molecular weight excluding hydrogens is 374 g/mol. The minimum absolute atomic E-state index is 0.128. The van der Waals surface area contributed by atoms with Gasteiger partial charge in [0.2, 0.25) is 0 Å². The van der Waals surface area contributed by atoms with Crippen LogP contribution in [-0.2, 0) is 0 Å². The molecule has 0 bridgehead atoms. The van der Waals surface area contributed by atoms with E-state index < -0.39 is 35.3 Å². The molecule has 0 saturated heterocycles. The summed E-state index contributed by atoms with van der Waals surface area (Å²) >= 11 is 0. The lowest BCUT2D eigenvalue weighted by Crippen LogP contribution is -2.52. The van der Waals surface area contributed by atoms with E-state index in [-0.39, 0.29) is 29.8 Å². The second kappa shape index (κ2) is 6.53. The van der Waals surface area contributed by atoms with Crippen molar-refractivity contribution in [3.8, 4) is 17.2 Å². The fourth-order valence-electron chi connectivity index (χ4n) is 2.34. The first kappa shape index (κ1) is 18.6. The van der Waals surface area contributed by atoms with Gasteiger partial charge < -0.3 is 14.6 Å². The van der Waals surface area contributed by atoms with E-state index in [1.807, 2.05) is 0 Å². The number of hydrogen-bond donors (Lipinski definition) is 1. The number of halogens is 4. The lowest BCUT2D eigenvalue weighted by molar-refractivity contribution is -0.391. The van der Waals surface area contributed by atoms with Crippen LogP contribution in [-0.4, -0.2) is 33.9 Å². The van der Waals surface area contributed by atoms with Crippen LogP contribution in [0.15, 0.2) is 36.5 Å². The minimum Gasteiger partial charge on any atom is -0.506 e. The molecule has 0 atom stereocenters. The molecule has 0 aliphatic carbocycles. The van der Waals surface area contributed by atoms with Crippen LogP contribution >= 0.6 is 0 Å². The largest absolute Gasteiger partial charge is 0.507 e. The van der Waals surface area contributed by atoms with Crippen molar-refractivity contribution in [1.29, 1.82) is 0 Å². The summed E-state index contributed by atoms with van der Waals surface area (Å²) in [6.07, 6.45) is -9.06. The summed E-state index contributed by atoms with van der Waals surface area (Å²) in [7, 11) is 0. The summed E-state index contributed by atoms with van der Waals surface area (Å²) in [4.78, 5) is 27.9. The van der Waals surface area contributed by atoms with E-state index in [1.165, 1.54) is 18.3 Å². The molecule has 2 aromatic rings. The maximum absolute atomic E-state index is 13.2. The van der Waals surface area contributed by atoms with Crippen LogP contribution in [0.5, 0.6) is 17.2 Å². The number of Topliss-reactive ketones (excluding diaryl/α,β-unsaturated/α-hetero) is 2. The molecule has 27 heavy (non-hydrogen) atoms. The monoisotopic (exact) mass is 385 g/mol. The van der Waals surface area contributed by atoms with Gasteiger partial charge in [0, 0.05) is 24.6 Å². The van der Waals surface area contributed by atoms with Crippen molar-refractivity contribution in [2.45, 2.75) is 25.1 Å². The standard InChI is InChI=1S/C17H11F4NO5/c18-16(19)17(20,21)27-14-8-9(3-6-13(14)26-16)10(23)4-5-12(25)15-11(24)2-1-7-22-15/h1-3,6-8,24H,4-5H2. The van der Waals surface area contributed by atoms with Gasteiger partial charge >= 0.3 is 12.2 Å². The SMILES string of the molecule is O=C(CCC(=O)c1ncccc1O)c1ccc2c(c1)OC(F)(F)C(F)(F)O2. The highest BCUT2D eigenvalue weighted by atomic mass is 19.3. The molecule has 1 aliphatic rings. The molecular formula is C17H11F4NO5. The van der Waals surface area contributed by atoms with Gasteiger partial charge in [0.05, 0.1) is 0 Å². The number of aromatic hydroxyl groups is 1. The molecule has 0 spiro atoms. The Bertz CT molecular complexity index is 916. The van der Waals surface area contributed by atoms with Crippen LogP contribution in [0.2, 0.25) is 0 Å². The molecule has 1 N–H and O–H groups in total. The zero-order valence-electron chi connectivity index (χ0n) is 13.4. The van der Waals surface area contributed by atoms with Crippen molar-refractivity contribution < 1.29 is 41.7 Å². The van der Waals surface area contributed by atoms with Crippen LogP contribution in [0.1, 0.15) is 33.7 Å². The van der Waals surface area contributed by atoms with Gasteiger partial charge in [0.25, 0.3) is 0 Å². The summed E-state index contributed by atoms with van der Waals surface area (Å²) in [5, 5.41) is 9.56. The predicted molar refractivity (Wildman–Crippen MR) is 81.4 cm³/mol. The molecule has 1 aromatic carbocycles. The lowest BCUT2D eigenvalue weighted by atomic mass is 10.0. The van der Waals surface area contributed by atoms with E-state index in [0.717, 1.165) is 18.2 Å². The number of alkyl halides is 4. The smallest absolute Gasteiger partial charge is 0.506 e. The number of pyridine rings is 1. The zero-order valence-corrected chi connectivity index (χ0v) is 13.4. The first-order valence-corrected chi connectivity index (χ1v) is 7.59. The van der Waals surface area contributed by atoms with Gasteiger partial charge in [-0.25, -0.2) is 4.98 Å². The Balaban J connectivity index is 1.72. The molecule has 1 aliphatic heterocycles. The third-order valence-electron chi connectivity index (χ3n) is 3.71. The first-order chi connectivity index (χ1) is 12.6. The van der Waals surface area contributed by atoms with Gasteiger partial charge in [-0.15, -0.1) is 0 Å². The summed E-state index contributed by atoms with van der Waals surface area (Å²) in [6, 6.07) is 5.51. The Morgan fingerprint density at radius 3 is 2.26 bits per heavy atom. The molecule has 2 heterocycles. The van der Waals surface area contributed by atoms with Gasteiger partial charge in [0.15, 0.2) is 23.1 Å².